The van der Waals surface area contributed by atoms with E-state index >= 15 is 0 Å². The highest BCUT2D eigenvalue weighted by molar-refractivity contribution is 5.84. The average molecular weight is 487 g/mol. The molecule has 4 aliphatic carbocycles. The van der Waals surface area contributed by atoms with Gasteiger partial charge in [-0.15, -0.1) is 0 Å². The lowest BCUT2D eigenvalue weighted by atomic mass is 9.37. The Morgan fingerprint density at radius 1 is 0.943 bits per heavy atom. The van der Waals surface area contributed by atoms with Gasteiger partial charge >= 0.3 is 5.97 Å². The lowest BCUT2D eigenvalue weighted by Gasteiger charge is -2.66. The zero-order valence-corrected chi connectivity index (χ0v) is 24.3. The van der Waals surface area contributed by atoms with E-state index in [-0.39, 0.29) is 39.7 Å². The van der Waals surface area contributed by atoms with Gasteiger partial charge in [-0.2, -0.15) is 0 Å². The molecule has 3 heteroatoms. The number of hydrogen-bond acceptors (Lipinski definition) is 3. The van der Waals surface area contributed by atoms with Gasteiger partial charge in [0, 0.05) is 24.7 Å². The minimum Gasteiger partial charge on any atom is -0.462 e. The van der Waals surface area contributed by atoms with Crippen molar-refractivity contribution in [1.29, 1.82) is 0 Å². The molecule has 4 saturated carbocycles. The molecule has 0 aromatic carbocycles. The van der Waals surface area contributed by atoms with E-state index in [1.54, 1.807) is 0 Å². The van der Waals surface area contributed by atoms with Crippen LogP contribution in [-0.4, -0.2) is 17.9 Å². The molecule has 0 saturated heterocycles. The molecule has 9 atom stereocenters. The molecule has 35 heavy (non-hydrogen) atoms. The third-order valence-corrected chi connectivity index (χ3v) is 12.6. The van der Waals surface area contributed by atoms with E-state index in [0.717, 1.165) is 38.0 Å². The van der Waals surface area contributed by atoms with Crippen LogP contribution in [0.4, 0.5) is 0 Å². The molecule has 0 aliphatic heterocycles. The van der Waals surface area contributed by atoms with Crippen LogP contribution in [0.25, 0.3) is 0 Å². The lowest BCUT2D eigenvalue weighted by Crippen LogP contribution is -2.64. The molecule has 0 N–H and O–H groups in total. The molecule has 0 aromatic heterocycles. The highest BCUT2D eigenvalue weighted by Gasteiger charge is 2.70. The molecule has 4 aliphatic rings. The molecule has 0 unspecified atom stereocenters. The van der Waals surface area contributed by atoms with E-state index in [4.69, 9.17) is 4.74 Å². The number of rotatable bonds is 6. The molecule has 0 spiro atoms. The minimum absolute atomic E-state index is 0.0193. The minimum atomic E-state index is -0.170. The number of carbonyl (C=O) groups excluding carboxylic acids is 2. The van der Waals surface area contributed by atoms with Gasteiger partial charge in [-0.3, -0.25) is 9.59 Å². The smallest absolute Gasteiger partial charge is 0.302 e. The third kappa shape index (κ3) is 4.14. The molecular formula is C32H54O3. The maximum Gasteiger partial charge on any atom is 0.302 e. The topological polar surface area (TPSA) is 43.4 Å². The van der Waals surface area contributed by atoms with Crippen LogP contribution < -0.4 is 0 Å². The molecule has 0 aromatic rings. The maximum atomic E-state index is 14.2. The van der Waals surface area contributed by atoms with Gasteiger partial charge in [0.25, 0.3) is 0 Å². The van der Waals surface area contributed by atoms with Crippen molar-refractivity contribution in [1.82, 2.24) is 0 Å². The van der Waals surface area contributed by atoms with E-state index in [1.807, 2.05) is 0 Å². The highest BCUT2D eigenvalue weighted by Crippen LogP contribution is 2.74. The summed E-state index contributed by atoms with van der Waals surface area (Å²) in [5.41, 5.74) is 0.323. The van der Waals surface area contributed by atoms with Crippen molar-refractivity contribution in [3.05, 3.63) is 0 Å². The van der Waals surface area contributed by atoms with Crippen LogP contribution in [0.5, 0.6) is 0 Å². The number of fused-ring (bicyclic) bond motifs is 5. The quantitative estimate of drug-likeness (QED) is 0.355. The van der Waals surface area contributed by atoms with Crippen LogP contribution in [-0.2, 0) is 14.3 Å². The number of ketones is 1. The van der Waals surface area contributed by atoms with Crippen LogP contribution >= 0.6 is 0 Å². The molecule has 4 rings (SSSR count). The molecule has 0 heterocycles. The fourth-order valence-electron chi connectivity index (χ4n) is 10.7. The Morgan fingerprint density at radius 3 is 2.26 bits per heavy atom. The summed E-state index contributed by atoms with van der Waals surface area (Å²) >= 11 is 0. The first-order chi connectivity index (χ1) is 16.2. The predicted octanol–water partition coefficient (Wildman–Crippen LogP) is 8.24. The molecule has 4 fully saturated rings. The van der Waals surface area contributed by atoms with Crippen LogP contribution in [0.2, 0.25) is 0 Å². The largest absolute Gasteiger partial charge is 0.462 e. The van der Waals surface area contributed by atoms with Crippen LogP contribution in [0.15, 0.2) is 0 Å². The van der Waals surface area contributed by atoms with E-state index in [1.165, 1.54) is 39.0 Å². The standard InChI is InChI=1S/C32H54O3/c1-20(2)11-10-12-21(3)23-15-18-31(8)24-13-14-26-29(5,6)27(35-22(4)33)16-17-30(26,7)28(24)25(34)19-32(23,31)9/h20-21,23-24,26-28H,10-19H2,1-9H3/t21-,23-,24-,26+,27+,28-,30+,31+,32-/m1/s1. The van der Waals surface area contributed by atoms with Gasteiger partial charge in [0.15, 0.2) is 0 Å². The van der Waals surface area contributed by atoms with E-state index in [9.17, 15) is 9.59 Å². The van der Waals surface area contributed by atoms with Crippen molar-refractivity contribution in [3.8, 4) is 0 Å². The van der Waals surface area contributed by atoms with E-state index in [2.05, 4.69) is 55.4 Å². The summed E-state index contributed by atoms with van der Waals surface area (Å²) < 4.78 is 5.83. The normalized spacial score (nSPS) is 45.4. The van der Waals surface area contributed by atoms with Crippen LogP contribution in [0, 0.1) is 57.2 Å². The van der Waals surface area contributed by atoms with E-state index < -0.39 is 0 Å². The first kappa shape index (κ1) is 27.2. The van der Waals surface area contributed by atoms with Crippen molar-refractivity contribution in [2.24, 2.45) is 57.2 Å². The van der Waals surface area contributed by atoms with Crippen molar-refractivity contribution in [3.63, 3.8) is 0 Å². The maximum absolute atomic E-state index is 14.2. The predicted molar refractivity (Wildman–Crippen MR) is 143 cm³/mol. The van der Waals surface area contributed by atoms with Crippen LogP contribution in [0.1, 0.15) is 127 Å². The van der Waals surface area contributed by atoms with Crippen molar-refractivity contribution in [2.75, 3.05) is 0 Å². The SMILES string of the molecule is CC(=O)O[C@H]1CC[C@]2(C)[C@H]3C(=O)C[C@]4(C)[C@@H]([C@H](C)CCCC(C)C)CC[C@@]4(C)[C@@H]3CC[C@H]2C1(C)C. The second-order valence-electron chi connectivity index (χ2n) is 15.1. The summed E-state index contributed by atoms with van der Waals surface area (Å²) in [7, 11) is 0. The Labute approximate surface area is 215 Å². The second kappa shape index (κ2) is 9.16. The third-order valence-electron chi connectivity index (χ3n) is 12.6. The molecular weight excluding hydrogens is 432 g/mol. The zero-order chi connectivity index (χ0) is 26.0. The summed E-state index contributed by atoms with van der Waals surface area (Å²) in [5.74, 6) is 3.65. The van der Waals surface area contributed by atoms with Gasteiger partial charge in [0.1, 0.15) is 11.9 Å². The monoisotopic (exact) mass is 486 g/mol. The molecule has 0 amide bonds. The van der Waals surface area contributed by atoms with Crippen LogP contribution in [0.3, 0.4) is 0 Å². The fraction of sp³-hybridized carbons (Fsp3) is 0.938. The van der Waals surface area contributed by atoms with Gasteiger partial charge in [-0.05, 0) is 84.4 Å². The number of carbonyl (C=O) groups is 2. The van der Waals surface area contributed by atoms with Gasteiger partial charge in [-0.25, -0.2) is 0 Å². The van der Waals surface area contributed by atoms with Gasteiger partial charge < -0.3 is 4.74 Å². The Kier molecular flexibility index (Phi) is 7.11. The molecule has 0 bridgehead atoms. The first-order valence-corrected chi connectivity index (χ1v) is 14.9. The number of esters is 1. The Balaban J connectivity index is 1.60. The Bertz CT molecular complexity index is 829. The van der Waals surface area contributed by atoms with Crippen molar-refractivity contribution < 1.29 is 14.3 Å². The average Bonchev–Trinajstić information content (AvgIpc) is 3.00. The second-order valence-corrected chi connectivity index (χ2v) is 15.1. The molecule has 0 radical (unpaired) electrons. The highest BCUT2D eigenvalue weighted by atomic mass is 16.5. The lowest BCUT2D eigenvalue weighted by molar-refractivity contribution is -0.207. The summed E-state index contributed by atoms with van der Waals surface area (Å²) in [6.45, 7) is 20.8. The summed E-state index contributed by atoms with van der Waals surface area (Å²) in [5, 5.41) is 0. The molecule has 200 valence electrons. The first-order valence-electron chi connectivity index (χ1n) is 14.9. The summed E-state index contributed by atoms with van der Waals surface area (Å²) in [6.07, 6.45) is 11.5. The van der Waals surface area contributed by atoms with Crippen molar-refractivity contribution >= 4 is 11.8 Å². The van der Waals surface area contributed by atoms with E-state index in [0.29, 0.717) is 29.5 Å². The number of ether oxygens (including phenoxy) is 1. The van der Waals surface area contributed by atoms with Gasteiger partial charge in [-0.1, -0.05) is 74.7 Å². The van der Waals surface area contributed by atoms with Gasteiger partial charge in [0.05, 0.1) is 0 Å². The Morgan fingerprint density at radius 2 is 1.63 bits per heavy atom. The summed E-state index contributed by atoms with van der Waals surface area (Å²) in [6, 6.07) is 0. The number of Topliss-reactive ketones (excluding diaryl/α,β-unsaturated/α-hetero) is 1. The van der Waals surface area contributed by atoms with Crippen molar-refractivity contribution in [2.45, 2.75) is 133 Å². The zero-order valence-electron chi connectivity index (χ0n) is 24.3. The summed E-state index contributed by atoms with van der Waals surface area (Å²) in [4.78, 5) is 26.1. The fourth-order valence-corrected chi connectivity index (χ4v) is 10.7. The number of hydrogen-bond donors (Lipinski definition) is 0. The molecule has 3 nitrogen and oxygen atoms in total. The van der Waals surface area contributed by atoms with Gasteiger partial charge in [0.2, 0.25) is 0 Å². The Hall–Kier alpha value is -0.860.